The second kappa shape index (κ2) is 15.3. The first-order valence-electron chi connectivity index (χ1n) is 25.6. The summed E-state index contributed by atoms with van der Waals surface area (Å²) in [6.07, 6.45) is 34.9. The van der Waals surface area contributed by atoms with Crippen LogP contribution in [0.2, 0.25) is 0 Å². The third-order valence-corrected chi connectivity index (χ3v) is 17.6. The summed E-state index contributed by atoms with van der Waals surface area (Å²) in [6, 6.07) is 42.8. The minimum atomic E-state index is 0.0279. The summed E-state index contributed by atoms with van der Waals surface area (Å²) in [7, 11) is 0. The molecule has 3 unspecified atom stereocenters. The van der Waals surface area contributed by atoms with Gasteiger partial charge in [-0.05, 0) is 222 Å². The molecule has 0 heteroatoms. The van der Waals surface area contributed by atoms with Gasteiger partial charge in [0.2, 0.25) is 0 Å². The molecule has 0 aliphatic heterocycles. The van der Waals surface area contributed by atoms with Gasteiger partial charge in [0.1, 0.15) is 0 Å². The van der Waals surface area contributed by atoms with Gasteiger partial charge in [-0.1, -0.05) is 160 Å². The topological polar surface area (TPSA) is 0 Å². The van der Waals surface area contributed by atoms with E-state index in [9.17, 15) is 0 Å². The highest BCUT2D eigenvalue weighted by atomic mass is 14.4. The molecule has 0 saturated heterocycles. The molecule has 6 aromatic rings. The lowest BCUT2D eigenvalue weighted by atomic mass is 9.69. The monoisotopic (exact) mass is 862 g/mol. The predicted molar refractivity (Wildman–Crippen MR) is 283 cm³/mol. The lowest BCUT2D eigenvalue weighted by molar-refractivity contribution is 0.544. The highest BCUT2D eigenvalue weighted by Gasteiger charge is 2.37. The highest BCUT2D eigenvalue weighted by molar-refractivity contribution is 5.98. The molecule has 0 bridgehead atoms. The first-order valence-corrected chi connectivity index (χ1v) is 25.6. The smallest absolute Gasteiger partial charge is 0.0159 e. The molecule has 3 atom stereocenters. The minimum Gasteiger partial charge on any atom is -0.0839 e. The quantitative estimate of drug-likeness (QED) is 0.166. The fourth-order valence-corrected chi connectivity index (χ4v) is 14.1. The van der Waals surface area contributed by atoms with Crippen molar-refractivity contribution in [3.05, 3.63) is 242 Å². The van der Waals surface area contributed by atoms with Crippen LogP contribution in [-0.4, -0.2) is 0 Å². The Hall–Kier alpha value is -6.50. The maximum atomic E-state index is 2.68. The second-order valence-electron chi connectivity index (χ2n) is 21.5. The number of benzene rings is 6. The zero-order valence-corrected chi connectivity index (χ0v) is 39.1. The Morgan fingerprint density at radius 1 is 0.537 bits per heavy atom. The van der Waals surface area contributed by atoms with E-state index in [0.717, 1.165) is 51.4 Å². The summed E-state index contributed by atoms with van der Waals surface area (Å²) in [4.78, 5) is 0. The van der Waals surface area contributed by atoms with Gasteiger partial charge in [-0.3, -0.25) is 0 Å². The van der Waals surface area contributed by atoms with E-state index in [4.69, 9.17) is 0 Å². The Kier molecular flexibility index (Phi) is 9.03. The molecule has 0 aromatic heterocycles. The number of hydrogen-bond donors (Lipinski definition) is 0. The summed E-state index contributed by atoms with van der Waals surface area (Å²) in [5.41, 5.74) is 28.7. The molecule has 0 heterocycles. The Morgan fingerprint density at radius 2 is 1.37 bits per heavy atom. The van der Waals surface area contributed by atoms with E-state index in [1.54, 1.807) is 44.6 Å². The molecule has 67 heavy (non-hydrogen) atoms. The molecule has 0 saturated carbocycles. The van der Waals surface area contributed by atoms with Crippen LogP contribution < -0.4 is 0 Å². The third kappa shape index (κ3) is 6.31. The van der Waals surface area contributed by atoms with Crippen molar-refractivity contribution in [2.45, 2.75) is 102 Å². The van der Waals surface area contributed by atoms with Crippen molar-refractivity contribution in [2.24, 2.45) is 5.92 Å². The predicted octanol–water partition coefficient (Wildman–Crippen LogP) is 17.7. The van der Waals surface area contributed by atoms with E-state index >= 15 is 0 Å². The zero-order chi connectivity index (χ0) is 44.4. The van der Waals surface area contributed by atoms with Gasteiger partial charge in [-0.25, -0.2) is 0 Å². The molecule has 0 amide bonds. The standard InChI is InChI=1S/C67H58/c1-67(2)65-18-10-9-17-58(65)59-32-28-48(38-66(59)67)46-26-30-54-50(36-46)24-23-49-35-45(25-29-53(49)54)47-27-31-57-62(37-47)61(52-22-20-42-12-4-6-14-44(42)34-52)40-63-56-16-8-7-15-55(56)60(39-64(57)63)51-21-19-41-11-3-5-13-43(41)33-51/h3,5-7,9-11,13-15,17-22,25,27-29,31-33,36-38,40,49,52,60H,4,8,12,16,23-24,26,30,34-35,39H2,1-2H3. The van der Waals surface area contributed by atoms with Crippen LogP contribution in [0.5, 0.6) is 0 Å². The average molecular weight is 863 g/mol. The van der Waals surface area contributed by atoms with Crippen LogP contribution >= 0.6 is 0 Å². The average Bonchev–Trinajstić information content (AvgIpc) is 3.62. The van der Waals surface area contributed by atoms with Crippen molar-refractivity contribution in [1.29, 1.82) is 0 Å². The third-order valence-electron chi connectivity index (χ3n) is 17.6. The molecule has 326 valence electrons. The zero-order valence-electron chi connectivity index (χ0n) is 39.1. The molecule has 0 radical (unpaired) electrons. The SMILES string of the molecule is CC1(C)c2ccccc2-c2ccc(C3=CC4=C(CC3)C3=CC=C(c5ccc6c7c(cc(C8C=CC9=C(C=CCC9)C8)c6c5)C5=C(C=CCC5)C(c5ccc6ccccc6c5)C7)CC3CC4)cc21. The van der Waals surface area contributed by atoms with E-state index in [1.807, 2.05) is 0 Å². The molecule has 6 aromatic carbocycles. The van der Waals surface area contributed by atoms with Crippen molar-refractivity contribution >= 4 is 38.3 Å². The molecular weight excluding hydrogens is 805 g/mol. The van der Waals surface area contributed by atoms with Gasteiger partial charge < -0.3 is 0 Å². The summed E-state index contributed by atoms with van der Waals surface area (Å²) < 4.78 is 0. The molecule has 0 fully saturated rings. The minimum absolute atomic E-state index is 0.0279. The fourth-order valence-electron chi connectivity index (χ4n) is 14.1. The second-order valence-corrected chi connectivity index (χ2v) is 21.5. The Bertz CT molecular complexity index is 3460. The fraction of sp³-hybridized carbons (Fsp3) is 0.254. The molecule has 0 nitrogen and oxygen atoms in total. The maximum absolute atomic E-state index is 2.68. The first-order chi connectivity index (χ1) is 32.9. The van der Waals surface area contributed by atoms with Crippen LogP contribution in [0.4, 0.5) is 0 Å². The summed E-state index contributed by atoms with van der Waals surface area (Å²) in [5, 5.41) is 5.60. The normalized spacial score (nSPS) is 23.2. The van der Waals surface area contributed by atoms with Gasteiger partial charge >= 0.3 is 0 Å². The lowest BCUT2D eigenvalue weighted by Crippen LogP contribution is -2.19. The van der Waals surface area contributed by atoms with E-state index in [1.165, 1.54) is 102 Å². The van der Waals surface area contributed by atoms with Crippen LogP contribution in [0.25, 0.3) is 49.4 Å². The molecular formula is C67H58. The molecule has 0 spiro atoms. The van der Waals surface area contributed by atoms with Crippen molar-refractivity contribution in [2.75, 3.05) is 0 Å². The van der Waals surface area contributed by atoms with Crippen LogP contribution in [0.1, 0.15) is 134 Å². The molecule has 8 aliphatic rings. The number of allylic oxidation sites excluding steroid dienone is 18. The van der Waals surface area contributed by atoms with Crippen molar-refractivity contribution in [3.63, 3.8) is 0 Å². The van der Waals surface area contributed by atoms with Gasteiger partial charge in [0.15, 0.2) is 0 Å². The highest BCUT2D eigenvalue weighted by Crippen LogP contribution is 2.53. The van der Waals surface area contributed by atoms with E-state index in [0.29, 0.717) is 17.8 Å². The van der Waals surface area contributed by atoms with Gasteiger partial charge in [0.25, 0.3) is 0 Å². The van der Waals surface area contributed by atoms with Crippen molar-refractivity contribution in [3.8, 4) is 11.1 Å². The maximum Gasteiger partial charge on any atom is 0.0159 e. The van der Waals surface area contributed by atoms with Gasteiger partial charge in [-0.15, -0.1) is 0 Å². The van der Waals surface area contributed by atoms with E-state index in [-0.39, 0.29) is 5.41 Å². The summed E-state index contributed by atoms with van der Waals surface area (Å²) >= 11 is 0. The van der Waals surface area contributed by atoms with Crippen molar-refractivity contribution in [1.82, 2.24) is 0 Å². The van der Waals surface area contributed by atoms with Gasteiger partial charge in [-0.2, -0.15) is 0 Å². The Labute approximate surface area is 396 Å². The van der Waals surface area contributed by atoms with Crippen LogP contribution in [0, 0.1) is 5.92 Å². The van der Waals surface area contributed by atoms with Crippen LogP contribution in [0.3, 0.4) is 0 Å². The van der Waals surface area contributed by atoms with Crippen LogP contribution in [-0.2, 0) is 11.8 Å². The van der Waals surface area contributed by atoms with E-state index in [2.05, 4.69) is 178 Å². The Morgan fingerprint density at radius 3 is 2.33 bits per heavy atom. The molecule has 8 aliphatic carbocycles. The lowest BCUT2D eigenvalue weighted by Gasteiger charge is -2.35. The molecule has 0 N–H and O–H groups in total. The van der Waals surface area contributed by atoms with Gasteiger partial charge in [0, 0.05) is 17.3 Å². The summed E-state index contributed by atoms with van der Waals surface area (Å²) in [6.45, 7) is 4.80. The summed E-state index contributed by atoms with van der Waals surface area (Å²) in [5.74, 6) is 1.31. The Balaban J connectivity index is 0.836. The first kappa shape index (κ1) is 39.6. The number of rotatable bonds is 4. The van der Waals surface area contributed by atoms with Gasteiger partial charge in [0.05, 0.1) is 0 Å². The molecule has 14 rings (SSSR count). The number of fused-ring (bicyclic) bond motifs is 10. The van der Waals surface area contributed by atoms with E-state index < -0.39 is 0 Å². The van der Waals surface area contributed by atoms with Crippen molar-refractivity contribution < 1.29 is 0 Å². The number of hydrogen-bond acceptors (Lipinski definition) is 0. The largest absolute Gasteiger partial charge is 0.0839 e. The van der Waals surface area contributed by atoms with Crippen LogP contribution in [0.15, 0.2) is 197 Å².